The summed E-state index contributed by atoms with van der Waals surface area (Å²) in [5, 5.41) is 3.47. The molecule has 0 fully saturated rings. The lowest BCUT2D eigenvalue weighted by molar-refractivity contribution is 0.322. The van der Waals surface area contributed by atoms with Gasteiger partial charge in [-0.2, -0.15) is 0 Å². The molecule has 1 aromatic carbocycles. The average molecular weight is 262 g/mol. The molecule has 1 N–H and O–H groups in total. The van der Waals surface area contributed by atoms with E-state index in [4.69, 9.17) is 4.74 Å². The van der Waals surface area contributed by atoms with Gasteiger partial charge in [-0.05, 0) is 44.9 Å². The lowest BCUT2D eigenvalue weighted by Gasteiger charge is -2.24. The van der Waals surface area contributed by atoms with Crippen LogP contribution in [-0.2, 0) is 0 Å². The Labute approximate surface area is 116 Å². The zero-order valence-electron chi connectivity index (χ0n) is 12.2. The van der Waals surface area contributed by atoms with E-state index < -0.39 is 0 Å². The number of nitrogens with one attached hydrogen (secondary N) is 1. The van der Waals surface area contributed by atoms with Crippen LogP contribution in [0.4, 0.5) is 5.69 Å². The molecule has 19 heavy (non-hydrogen) atoms. The maximum absolute atomic E-state index is 5.79. The molecule has 3 nitrogen and oxygen atoms in total. The Morgan fingerprint density at radius 2 is 2.21 bits per heavy atom. The molecule has 1 aromatic rings. The number of hydrogen-bond acceptors (Lipinski definition) is 3. The molecule has 0 aromatic heterocycles. The quantitative estimate of drug-likeness (QED) is 0.853. The van der Waals surface area contributed by atoms with Crippen molar-refractivity contribution >= 4 is 5.69 Å². The molecule has 0 saturated heterocycles. The summed E-state index contributed by atoms with van der Waals surface area (Å²) in [5.41, 5.74) is 1.26. The van der Waals surface area contributed by atoms with Crippen molar-refractivity contribution in [2.24, 2.45) is 0 Å². The topological polar surface area (TPSA) is 24.5 Å². The standard InChI is InChI=1S/C16H26N2O/c1-3-17-14(2)8-6-11-18-12-7-13-19-16-10-5-4-9-15(16)18/h4-5,9-10,14,17H,3,6-8,11-13H2,1-2H3. The van der Waals surface area contributed by atoms with Crippen molar-refractivity contribution in [1.29, 1.82) is 0 Å². The third kappa shape index (κ3) is 4.13. The molecule has 0 aliphatic carbocycles. The van der Waals surface area contributed by atoms with Crippen LogP contribution in [-0.4, -0.2) is 32.3 Å². The first kappa shape index (κ1) is 14.2. The summed E-state index contributed by atoms with van der Waals surface area (Å²) < 4.78 is 5.79. The Bertz CT molecular complexity index is 381. The second-order valence-corrected chi connectivity index (χ2v) is 5.26. The van der Waals surface area contributed by atoms with Crippen LogP contribution >= 0.6 is 0 Å². The maximum atomic E-state index is 5.79. The number of anilines is 1. The van der Waals surface area contributed by atoms with Crippen molar-refractivity contribution in [3.63, 3.8) is 0 Å². The SMILES string of the molecule is CCNC(C)CCCN1CCCOc2ccccc21. The Morgan fingerprint density at radius 3 is 3.05 bits per heavy atom. The summed E-state index contributed by atoms with van der Waals surface area (Å²) in [4.78, 5) is 2.47. The van der Waals surface area contributed by atoms with Gasteiger partial charge in [0.05, 0.1) is 12.3 Å². The highest BCUT2D eigenvalue weighted by molar-refractivity contribution is 5.58. The van der Waals surface area contributed by atoms with E-state index in [1.165, 1.54) is 18.5 Å². The third-order valence-electron chi connectivity index (χ3n) is 3.65. The smallest absolute Gasteiger partial charge is 0.142 e. The lowest BCUT2D eigenvalue weighted by Crippen LogP contribution is -2.29. The van der Waals surface area contributed by atoms with E-state index in [9.17, 15) is 0 Å². The summed E-state index contributed by atoms with van der Waals surface area (Å²) >= 11 is 0. The zero-order chi connectivity index (χ0) is 13.5. The number of para-hydroxylation sites is 2. The molecule has 0 saturated carbocycles. The predicted molar refractivity (Wildman–Crippen MR) is 81.1 cm³/mol. The molecule has 1 atom stereocenters. The number of fused-ring (bicyclic) bond motifs is 1. The highest BCUT2D eigenvalue weighted by Crippen LogP contribution is 2.30. The van der Waals surface area contributed by atoms with E-state index in [-0.39, 0.29) is 0 Å². The van der Waals surface area contributed by atoms with Crippen molar-refractivity contribution in [2.75, 3.05) is 31.1 Å². The van der Waals surface area contributed by atoms with Crippen LogP contribution in [0.1, 0.15) is 33.1 Å². The second-order valence-electron chi connectivity index (χ2n) is 5.26. The average Bonchev–Trinajstić information content (AvgIpc) is 2.62. The molecule has 1 heterocycles. The van der Waals surface area contributed by atoms with Gasteiger partial charge in [0.2, 0.25) is 0 Å². The van der Waals surface area contributed by atoms with E-state index in [0.717, 1.165) is 38.4 Å². The van der Waals surface area contributed by atoms with Crippen molar-refractivity contribution in [3.05, 3.63) is 24.3 Å². The first-order valence-corrected chi connectivity index (χ1v) is 7.51. The molecule has 0 bridgehead atoms. The van der Waals surface area contributed by atoms with Crippen molar-refractivity contribution < 1.29 is 4.74 Å². The number of hydrogen-bond donors (Lipinski definition) is 1. The third-order valence-corrected chi connectivity index (χ3v) is 3.65. The molecule has 0 amide bonds. The van der Waals surface area contributed by atoms with Gasteiger partial charge in [0.15, 0.2) is 0 Å². The monoisotopic (exact) mass is 262 g/mol. The first-order valence-electron chi connectivity index (χ1n) is 7.51. The van der Waals surface area contributed by atoms with E-state index in [2.05, 4.69) is 48.3 Å². The molecule has 2 rings (SSSR count). The number of benzene rings is 1. The van der Waals surface area contributed by atoms with Gasteiger partial charge in [0, 0.05) is 19.1 Å². The van der Waals surface area contributed by atoms with Gasteiger partial charge in [-0.15, -0.1) is 0 Å². The fraction of sp³-hybridized carbons (Fsp3) is 0.625. The van der Waals surface area contributed by atoms with Crippen molar-refractivity contribution in [2.45, 2.75) is 39.2 Å². The summed E-state index contributed by atoms with van der Waals surface area (Å²) in [6.07, 6.45) is 3.56. The normalized spacial score (nSPS) is 16.4. The van der Waals surface area contributed by atoms with Crippen LogP contribution in [0.5, 0.6) is 5.75 Å². The van der Waals surface area contributed by atoms with Gasteiger partial charge in [-0.1, -0.05) is 19.1 Å². The summed E-state index contributed by atoms with van der Waals surface area (Å²) in [5.74, 6) is 1.04. The summed E-state index contributed by atoms with van der Waals surface area (Å²) in [7, 11) is 0. The maximum Gasteiger partial charge on any atom is 0.142 e. The highest BCUT2D eigenvalue weighted by atomic mass is 16.5. The molecule has 1 aliphatic heterocycles. The van der Waals surface area contributed by atoms with Crippen LogP contribution in [0.25, 0.3) is 0 Å². The van der Waals surface area contributed by atoms with Gasteiger partial charge < -0.3 is 15.0 Å². The zero-order valence-corrected chi connectivity index (χ0v) is 12.2. The van der Waals surface area contributed by atoms with E-state index in [0.29, 0.717) is 6.04 Å². The largest absolute Gasteiger partial charge is 0.491 e. The molecular formula is C16H26N2O. The Kier molecular flexibility index (Phi) is 5.52. The molecule has 1 unspecified atom stereocenters. The fourth-order valence-electron chi connectivity index (χ4n) is 2.67. The van der Waals surface area contributed by atoms with Gasteiger partial charge >= 0.3 is 0 Å². The van der Waals surface area contributed by atoms with Gasteiger partial charge in [-0.25, -0.2) is 0 Å². The molecule has 0 radical (unpaired) electrons. The number of ether oxygens (including phenoxy) is 1. The lowest BCUT2D eigenvalue weighted by atomic mass is 10.1. The van der Waals surface area contributed by atoms with Crippen LogP contribution in [0.2, 0.25) is 0 Å². The molecule has 1 aliphatic rings. The Hall–Kier alpha value is -1.22. The van der Waals surface area contributed by atoms with Gasteiger partial charge in [-0.3, -0.25) is 0 Å². The van der Waals surface area contributed by atoms with Crippen molar-refractivity contribution in [3.8, 4) is 5.75 Å². The molecule has 3 heteroatoms. The predicted octanol–water partition coefficient (Wildman–Crippen LogP) is 3.05. The van der Waals surface area contributed by atoms with E-state index in [1.54, 1.807) is 0 Å². The minimum absolute atomic E-state index is 0.614. The number of rotatable bonds is 6. The number of nitrogens with zero attached hydrogens (tertiary/aromatic N) is 1. The van der Waals surface area contributed by atoms with Crippen LogP contribution in [0.3, 0.4) is 0 Å². The van der Waals surface area contributed by atoms with Crippen LogP contribution < -0.4 is 15.0 Å². The summed E-state index contributed by atoms with van der Waals surface area (Å²) in [6.45, 7) is 8.55. The van der Waals surface area contributed by atoms with E-state index in [1.807, 2.05) is 0 Å². The van der Waals surface area contributed by atoms with Gasteiger partial charge in [0.1, 0.15) is 5.75 Å². The summed E-state index contributed by atoms with van der Waals surface area (Å²) in [6, 6.07) is 9.02. The Balaban J connectivity index is 1.89. The fourth-order valence-corrected chi connectivity index (χ4v) is 2.67. The van der Waals surface area contributed by atoms with E-state index >= 15 is 0 Å². The van der Waals surface area contributed by atoms with Crippen LogP contribution in [0, 0.1) is 0 Å². The minimum atomic E-state index is 0.614. The second kappa shape index (κ2) is 7.39. The first-order chi connectivity index (χ1) is 9.31. The molecule has 0 spiro atoms. The molecule has 106 valence electrons. The van der Waals surface area contributed by atoms with Crippen molar-refractivity contribution in [1.82, 2.24) is 5.32 Å². The Morgan fingerprint density at radius 1 is 1.37 bits per heavy atom. The minimum Gasteiger partial charge on any atom is -0.491 e. The molecular weight excluding hydrogens is 236 g/mol. The van der Waals surface area contributed by atoms with Crippen LogP contribution in [0.15, 0.2) is 24.3 Å². The highest BCUT2D eigenvalue weighted by Gasteiger charge is 2.15. The van der Waals surface area contributed by atoms with Gasteiger partial charge in [0.25, 0.3) is 0 Å².